The minimum absolute atomic E-state index is 0.601. The number of benzene rings is 1. The summed E-state index contributed by atoms with van der Waals surface area (Å²) in [6.45, 7) is 6.67. The summed E-state index contributed by atoms with van der Waals surface area (Å²) in [7, 11) is 0. The van der Waals surface area contributed by atoms with Gasteiger partial charge < -0.3 is 0 Å². The molecular weight excluding hydrogens is 428 g/mol. The van der Waals surface area contributed by atoms with Crippen LogP contribution in [0.2, 0.25) is 13.3 Å². The van der Waals surface area contributed by atoms with Gasteiger partial charge in [0, 0.05) is 0 Å². The van der Waals surface area contributed by atoms with Crippen molar-refractivity contribution in [2.75, 3.05) is 0 Å². The van der Waals surface area contributed by atoms with Gasteiger partial charge in [-0.25, -0.2) is 0 Å². The van der Waals surface area contributed by atoms with Crippen LogP contribution in [0.4, 0.5) is 13.2 Å². The minimum atomic E-state index is -4.28. The van der Waals surface area contributed by atoms with E-state index in [9.17, 15) is 13.2 Å². The molecule has 0 atom stereocenters. The Morgan fingerprint density at radius 2 is 1.24 bits per heavy atom. The Balaban J connectivity index is 3.03. The second kappa shape index (κ2) is 11.2. The molecular formula is C21H31F3Sn. The molecule has 4 heteroatoms. The zero-order valence-electron chi connectivity index (χ0n) is 15.8. The quantitative estimate of drug-likeness (QED) is 0.266. The molecule has 0 spiro atoms. The second-order valence-corrected chi connectivity index (χ2v) is 19.2. The maximum atomic E-state index is 12.7. The zero-order valence-corrected chi connectivity index (χ0v) is 18.7. The van der Waals surface area contributed by atoms with Crippen molar-refractivity contribution in [3.8, 4) is 9.86 Å². The molecule has 0 saturated heterocycles. The first-order valence-corrected chi connectivity index (χ1v) is 17.1. The number of hydrogen-bond donors (Lipinski definition) is 0. The molecule has 0 saturated carbocycles. The summed E-state index contributed by atoms with van der Waals surface area (Å²) in [5, 5.41) is 0. The van der Waals surface area contributed by atoms with Gasteiger partial charge in [-0.15, -0.1) is 0 Å². The molecule has 1 rings (SSSR count). The third-order valence-electron chi connectivity index (χ3n) is 4.71. The molecule has 0 radical (unpaired) electrons. The Morgan fingerprint density at radius 3 is 1.60 bits per heavy atom. The Hall–Kier alpha value is -0.631. The van der Waals surface area contributed by atoms with Crippen LogP contribution in [0, 0.1) is 9.86 Å². The van der Waals surface area contributed by atoms with E-state index in [2.05, 4.69) is 30.6 Å². The Morgan fingerprint density at radius 1 is 0.800 bits per heavy atom. The van der Waals surface area contributed by atoms with Crippen molar-refractivity contribution < 1.29 is 13.2 Å². The van der Waals surface area contributed by atoms with Gasteiger partial charge in [0.15, 0.2) is 0 Å². The van der Waals surface area contributed by atoms with E-state index in [1.807, 2.05) is 0 Å². The van der Waals surface area contributed by atoms with Crippen LogP contribution in [0.5, 0.6) is 0 Å². The van der Waals surface area contributed by atoms with Gasteiger partial charge >= 0.3 is 156 Å². The van der Waals surface area contributed by atoms with E-state index in [4.69, 9.17) is 0 Å². The van der Waals surface area contributed by atoms with Gasteiger partial charge in [-0.3, -0.25) is 0 Å². The van der Waals surface area contributed by atoms with Crippen molar-refractivity contribution in [1.29, 1.82) is 0 Å². The van der Waals surface area contributed by atoms with Crippen molar-refractivity contribution in [2.24, 2.45) is 0 Å². The van der Waals surface area contributed by atoms with Crippen LogP contribution in [0.15, 0.2) is 24.3 Å². The normalized spacial score (nSPS) is 11.9. The molecule has 0 aliphatic rings. The van der Waals surface area contributed by atoms with Gasteiger partial charge in [-0.1, -0.05) is 0 Å². The van der Waals surface area contributed by atoms with Crippen LogP contribution < -0.4 is 0 Å². The van der Waals surface area contributed by atoms with Crippen LogP contribution >= 0.6 is 0 Å². The summed E-state index contributed by atoms with van der Waals surface area (Å²) in [6.07, 6.45) is 3.02. The first-order valence-electron chi connectivity index (χ1n) is 9.57. The number of halogens is 3. The molecule has 0 fully saturated rings. The standard InChI is InChI=1S/C9H4F3.3C4H9.Sn/c1-2-7-3-5-8(6-4-7)9(10,11)12;3*1-3-4-2;/h3-6H;3*1,3-4H2,2H3;. The molecule has 1 aromatic carbocycles. The first-order chi connectivity index (χ1) is 11.9. The van der Waals surface area contributed by atoms with Gasteiger partial charge in [0.25, 0.3) is 0 Å². The summed E-state index contributed by atoms with van der Waals surface area (Å²) >= 11 is -2.53. The summed E-state index contributed by atoms with van der Waals surface area (Å²) < 4.78 is 45.6. The van der Waals surface area contributed by atoms with Crippen LogP contribution in [0.1, 0.15) is 70.4 Å². The van der Waals surface area contributed by atoms with Crippen molar-refractivity contribution in [1.82, 2.24) is 0 Å². The molecule has 0 heterocycles. The van der Waals surface area contributed by atoms with Crippen LogP contribution in [-0.2, 0) is 6.18 Å². The number of hydrogen-bond acceptors (Lipinski definition) is 0. The van der Waals surface area contributed by atoms with Gasteiger partial charge in [-0.2, -0.15) is 0 Å². The molecule has 0 nitrogen and oxygen atoms in total. The van der Waals surface area contributed by atoms with Gasteiger partial charge in [0.05, 0.1) is 0 Å². The number of unbranched alkanes of at least 4 members (excludes halogenated alkanes) is 3. The molecule has 25 heavy (non-hydrogen) atoms. The van der Waals surface area contributed by atoms with E-state index in [0.29, 0.717) is 0 Å². The summed E-state index contributed by atoms with van der Waals surface area (Å²) in [4.78, 5) is 0. The fraction of sp³-hybridized carbons (Fsp3) is 0.619. The summed E-state index contributed by atoms with van der Waals surface area (Å²) in [5.74, 6) is 3.27. The van der Waals surface area contributed by atoms with E-state index < -0.39 is 30.1 Å². The third-order valence-corrected chi connectivity index (χ3v) is 17.8. The Kier molecular flexibility index (Phi) is 10.0. The predicted molar refractivity (Wildman–Crippen MR) is 103 cm³/mol. The zero-order chi connectivity index (χ0) is 18.8. The Bertz CT molecular complexity index is 527. The average molecular weight is 459 g/mol. The molecule has 1 aromatic rings. The van der Waals surface area contributed by atoms with E-state index in [1.165, 1.54) is 64.0 Å². The topological polar surface area (TPSA) is 0 Å². The van der Waals surface area contributed by atoms with Gasteiger partial charge in [0.2, 0.25) is 0 Å². The molecule has 0 bridgehead atoms. The molecule has 0 N–H and O–H groups in total. The van der Waals surface area contributed by atoms with Gasteiger partial charge in [-0.05, 0) is 0 Å². The predicted octanol–water partition coefficient (Wildman–Crippen LogP) is 7.45. The summed E-state index contributed by atoms with van der Waals surface area (Å²) in [6, 6.07) is 5.33. The van der Waals surface area contributed by atoms with Crippen LogP contribution in [0.25, 0.3) is 0 Å². The number of alkyl halides is 3. The van der Waals surface area contributed by atoms with Gasteiger partial charge in [0.1, 0.15) is 0 Å². The third kappa shape index (κ3) is 8.07. The van der Waals surface area contributed by atoms with Crippen molar-refractivity contribution in [3.63, 3.8) is 0 Å². The monoisotopic (exact) mass is 460 g/mol. The number of rotatable bonds is 9. The SMILES string of the molecule is CCC[CH2][Sn]([C]#Cc1ccc(C(F)(F)F)cc1)([CH2]CCC)[CH2]CCC. The first kappa shape index (κ1) is 22.4. The van der Waals surface area contributed by atoms with Crippen LogP contribution in [-0.4, -0.2) is 18.4 Å². The fourth-order valence-corrected chi connectivity index (χ4v) is 16.3. The molecule has 140 valence electrons. The fourth-order valence-electron chi connectivity index (χ4n) is 3.06. The molecule has 0 aromatic heterocycles. The molecule has 0 aliphatic carbocycles. The molecule has 0 amide bonds. The average Bonchev–Trinajstić information content (AvgIpc) is 2.60. The van der Waals surface area contributed by atoms with Crippen molar-refractivity contribution in [2.45, 2.75) is 78.8 Å². The van der Waals surface area contributed by atoms with Crippen LogP contribution in [0.3, 0.4) is 0 Å². The van der Waals surface area contributed by atoms with E-state index in [-0.39, 0.29) is 0 Å². The molecule has 0 unspecified atom stereocenters. The molecule has 0 aliphatic heterocycles. The van der Waals surface area contributed by atoms with Crippen molar-refractivity contribution in [3.05, 3.63) is 35.4 Å². The second-order valence-electron chi connectivity index (χ2n) is 6.92. The Labute approximate surface area is 155 Å². The van der Waals surface area contributed by atoms with E-state index >= 15 is 0 Å². The van der Waals surface area contributed by atoms with E-state index in [0.717, 1.165) is 17.7 Å². The summed E-state index contributed by atoms with van der Waals surface area (Å²) in [5.41, 5.74) is 0.120. The van der Waals surface area contributed by atoms with E-state index in [1.54, 1.807) is 0 Å². The van der Waals surface area contributed by atoms with Crippen molar-refractivity contribution >= 4 is 18.4 Å². The maximum absolute atomic E-state index is 12.7.